The van der Waals surface area contributed by atoms with E-state index in [1.54, 1.807) is 6.07 Å². The average molecular weight is 259 g/mol. The third kappa shape index (κ3) is 4.40. The van der Waals surface area contributed by atoms with Crippen LogP contribution in [0, 0.1) is 11.3 Å². The van der Waals surface area contributed by atoms with Gasteiger partial charge in [0.1, 0.15) is 6.54 Å². The minimum atomic E-state index is -3.12. The molecule has 0 aromatic carbocycles. The molecule has 1 atom stereocenters. The number of hydrogen-bond acceptors (Lipinski definition) is 5. The van der Waals surface area contributed by atoms with Gasteiger partial charge in [0, 0.05) is 6.04 Å². The molecule has 1 unspecified atom stereocenters. The molecule has 0 saturated carbocycles. The average Bonchev–Trinajstić information content (AvgIpc) is 2.24. The zero-order chi connectivity index (χ0) is 12.9. The summed E-state index contributed by atoms with van der Waals surface area (Å²) in [7, 11) is -3.12. The van der Waals surface area contributed by atoms with Crippen molar-refractivity contribution in [3.63, 3.8) is 0 Å². The lowest BCUT2D eigenvalue weighted by Crippen LogP contribution is -2.48. The van der Waals surface area contributed by atoms with Crippen LogP contribution in [-0.2, 0) is 19.4 Å². The van der Waals surface area contributed by atoms with Crippen LogP contribution in [0.25, 0.3) is 0 Å². The Morgan fingerprint density at radius 2 is 2.06 bits per heavy atom. The number of carbonyl (C=O) groups excluding carboxylic acids is 2. The van der Waals surface area contributed by atoms with Crippen LogP contribution in [0.2, 0.25) is 0 Å². The minimum absolute atomic E-state index is 0.125. The van der Waals surface area contributed by atoms with Gasteiger partial charge in [-0.25, -0.2) is 8.42 Å². The number of nitriles is 1. The van der Waals surface area contributed by atoms with Crippen molar-refractivity contribution in [2.45, 2.75) is 18.9 Å². The highest BCUT2D eigenvalue weighted by Gasteiger charge is 2.27. The predicted molar refractivity (Wildman–Crippen MR) is 58.4 cm³/mol. The molecule has 0 aromatic heterocycles. The third-order valence-corrected chi connectivity index (χ3v) is 4.15. The molecular weight excluding hydrogens is 246 g/mol. The third-order valence-electron chi connectivity index (χ3n) is 2.33. The van der Waals surface area contributed by atoms with E-state index in [4.69, 9.17) is 5.26 Å². The zero-order valence-electron chi connectivity index (χ0n) is 9.10. The van der Waals surface area contributed by atoms with Crippen LogP contribution < -0.4 is 10.6 Å². The first-order valence-corrected chi connectivity index (χ1v) is 6.93. The van der Waals surface area contributed by atoms with Crippen molar-refractivity contribution >= 4 is 21.7 Å². The summed E-state index contributed by atoms with van der Waals surface area (Å²) in [5.74, 6) is -1.83. The van der Waals surface area contributed by atoms with Gasteiger partial charge in [0.2, 0.25) is 0 Å². The normalized spacial score (nSPS) is 22.2. The van der Waals surface area contributed by atoms with Crippen molar-refractivity contribution < 1.29 is 18.0 Å². The van der Waals surface area contributed by atoms with Crippen LogP contribution in [0.5, 0.6) is 0 Å². The summed E-state index contributed by atoms with van der Waals surface area (Å²) in [5, 5.41) is 12.6. The number of rotatable bonds is 2. The van der Waals surface area contributed by atoms with Gasteiger partial charge < -0.3 is 10.6 Å². The molecule has 94 valence electrons. The Balaban J connectivity index is 2.46. The SMILES string of the molecule is N#CCNC(=O)C(=O)NC1CCCS(=O)(=O)C1. The van der Waals surface area contributed by atoms with Gasteiger partial charge in [0.05, 0.1) is 17.6 Å². The maximum atomic E-state index is 11.3. The van der Waals surface area contributed by atoms with E-state index in [9.17, 15) is 18.0 Å². The van der Waals surface area contributed by atoms with Crippen LogP contribution >= 0.6 is 0 Å². The molecule has 0 radical (unpaired) electrons. The van der Waals surface area contributed by atoms with Gasteiger partial charge in [-0.15, -0.1) is 0 Å². The second-order valence-corrected chi connectivity index (χ2v) is 6.00. The van der Waals surface area contributed by atoms with Crippen molar-refractivity contribution in [3.8, 4) is 6.07 Å². The lowest BCUT2D eigenvalue weighted by molar-refractivity contribution is -0.139. The Morgan fingerprint density at radius 1 is 1.35 bits per heavy atom. The molecule has 8 heteroatoms. The first kappa shape index (κ1) is 13.4. The summed E-state index contributed by atoms with van der Waals surface area (Å²) >= 11 is 0. The molecule has 1 fully saturated rings. The Hall–Kier alpha value is -1.62. The van der Waals surface area contributed by atoms with E-state index in [0.29, 0.717) is 12.8 Å². The monoisotopic (exact) mass is 259 g/mol. The number of nitrogens with one attached hydrogen (secondary N) is 2. The smallest absolute Gasteiger partial charge is 0.310 e. The van der Waals surface area contributed by atoms with Crippen LogP contribution in [0.1, 0.15) is 12.8 Å². The maximum Gasteiger partial charge on any atom is 0.310 e. The van der Waals surface area contributed by atoms with Crippen molar-refractivity contribution in [2.75, 3.05) is 18.1 Å². The van der Waals surface area contributed by atoms with Crippen LogP contribution in [0.15, 0.2) is 0 Å². The Labute approximate surface area is 99.1 Å². The summed E-state index contributed by atoms with van der Waals surface area (Å²) in [5.41, 5.74) is 0. The summed E-state index contributed by atoms with van der Waals surface area (Å²) in [6.07, 6.45) is 1.02. The lowest BCUT2D eigenvalue weighted by atomic mass is 10.2. The lowest BCUT2D eigenvalue weighted by Gasteiger charge is -2.22. The van der Waals surface area contributed by atoms with Crippen LogP contribution in [-0.4, -0.2) is 44.3 Å². The van der Waals surface area contributed by atoms with Crippen molar-refractivity contribution in [2.24, 2.45) is 0 Å². The van der Waals surface area contributed by atoms with E-state index >= 15 is 0 Å². The highest BCUT2D eigenvalue weighted by molar-refractivity contribution is 7.91. The highest BCUT2D eigenvalue weighted by atomic mass is 32.2. The van der Waals surface area contributed by atoms with Crippen molar-refractivity contribution in [1.29, 1.82) is 5.26 Å². The summed E-state index contributed by atoms with van der Waals surface area (Å²) in [6, 6.07) is 1.14. The van der Waals surface area contributed by atoms with E-state index in [-0.39, 0.29) is 18.1 Å². The quantitative estimate of drug-likeness (QED) is 0.454. The van der Waals surface area contributed by atoms with E-state index < -0.39 is 27.7 Å². The fraction of sp³-hybridized carbons (Fsp3) is 0.667. The number of amides is 2. The van der Waals surface area contributed by atoms with Gasteiger partial charge >= 0.3 is 11.8 Å². The molecule has 1 rings (SSSR count). The Kier molecular flexibility index (Phi) is 4.45. The second kappa shape index (κ2) is 5.63. The first-order valence-electron chi connectivity index (χ1n) is 5.10. The van der Waals surface area contributed by atoms with Crippen LogP contribution in [0.3, 0.4) is 0 Å². The molecule has 17 heavy (non-hydrogen) atoms. The molecule has 0 bridgehead atoms. The Morgan fingerprint density at radius 3 is 2.65 bits per heavy atom. The molecule has 1 heterocycles. The molecule has 7 nitrogen and oxygen atoms in total. The Bertz CT molecular complexity index is 451. The van der Waals surface area contributed by atoms with Gasteiger partial charge in [0.25, 0.3) is 0 Å². The van der Waals surface area contributed by atoms with Gasteiger partial charge in [0.15, 0.2) is 9.84 Å². The van der Waals surface area contributed by atoms with Crippen LogP contribution in [0.4, 0.5) is 0 Å². The minimum Gasteiger partial charge on any atom is -0.344 e. The highest BCUT2D eigenvalue weighted by Crippen LogP contribution is 2.11. The summed E-state index contributed by atoms with van der Waals surface area (Å²) < 4.78 is 22.6. The fourth-order valence-electron chi connectivity index (χ4n) is 1.59. The van der Waals surface area contributed by atoms with Gasteiger partial charge in [-0.1, -0.05) is 0 Å². The number of nitrogens with zero attached hydrogens (tertiary/aromatic N) is 1. The zero-order valence-corrected chi connectivity index (χ0v) is 9.92. The fourth-order valence-corrected chi connectivity index (χ4v) is 3.22. The molecule has 1 saturated heterocycles. The number of sulfone groups is 1. The first-order chi connectivity index (χ1) is 7.94. The molecule has 0 aliphatic carbocycles. The molecule has 1 aliphatic rings. The van der Waals surface area contributed by atoms with Crippen molar-refractivity contribution in [3.05, 3.63) is 0 Å². The summed E-state index contributed by atoms with van der Waals surface area (Å²) in [4.78, 5) is 22.4. The van der Waals surface area contributed by atoms with E-state index in [2.05, 4.69) is 10.6 Å². The van der Waals surface area contributed by atoms with E-state index in [0.717, 1.165) is 0 Å². The molecule has 1 aliphatic heterocycles. The van der Waals surface area contributed by atoms with Gasteiger partial charge in [-0.05, 0) is 12.8 Å². The molecule has 2 N–H and O–H groups in total. The van der Waals surface area contributed by atoms with E-state index in [1.807, 2.05) is 0 Å². The van der Waals surface area contributed by atoms with Gasteiger partial charge in [-0.2, -0.15) is 5.26 Å². The number of hydrogen-bond donors (Lipinski definition) is 2. The molecule has 0 aromatic rings. The molecule has 0 spiro atoms. The number of carbonyl (C=O) groups is 2. The maximum absolute atomic E-state index is 11.3. The van der Waals surface area contributed by atoms with Crippen molar-refractivity contribution in [1.82, 2.24) is 10.6 Å². The predicted octanol–water partition coefficient (Wildman–Crippen LogP) is -1.68. The van der Waals surface area contributed by atoms with E-state index in [1.165, 1.54) is 0 Å². The van der Waals surface area contributed by atoms with Gasteiger partial charge in [-0.3, -0.25) is 9.59 Å². The molecular formula is C9H13N3O4S. The summed E-state index contributed by atoms with van der Waals surface area (Å²) in [6.45, 7) is -0.255. The second-order valence-electron chi connectivity index (χ2n) is 3.77. The standard InChI is InChI=1S/C9H13N3O4S/c10-3-4-11-8(13)9(14)12-7-2-1-5-17(15,16)6-7/h7H,1-2,4-6H2,(H,11,13)(H,12,14). The largest absolute Gasteiger partial charge is 0.344 e. The molecule has 2 amide bonds. The topological polar surface area (TPSA) is 116 Å².